The molecule has 0 aliphatic carbocycles. The number of benzene rings is 1. The summed E-state index contributed by atoms with van der Waals surface area (Å²) in [5.41, 5.74) is 1.15. The van der Waals surface area contributed by atoms with Crippen LogP contribution < -0.4 is 4.74 Å². The highest BCUT2D eigenvalue weighted by Crippen LogP contribution is 2.17. The molecule has 0 saturated carbocycles. The lowest BCUT2D eigenvalue weighted by Crippen LogP contribution is -1.96. The lowest BCUT2D eigenvalue weighted by atomic mass is 10.2. The number of ether oxygens (including phenoxy) is 1. The third-order valence-corrected chi connectivity index (χ3v) is 2.37. The molecule has 2 rings (SSSR count). The summed E-state index contributed by atoms with van der Waals surface area (Å²) in [6, 6.07) is 8.13. The number of hydrogen-bond donors (Lipinski definition) is 1. The molecule has 3 nitrogen and oxygen atoms in total. The van der Waals surface area contributed by atoms with E-state index >= 15 is 0 Å². The van der Waals surface area contributed by atoms with E-state index in [1.54, 1.807) is 18.5 Å². The SMILES string of the molecule is OCC#Cc1ccc(OCc2cccnc2)cc1F. The van der Waals surface area contributed by atoms with Gasteiger partial charge in [0.15, 0.2) is 0 Å². The Bertz CT molecular complexity index is 603. The summed E-state index contributed by atoms with van der Waals surface area (Å²) in [5, 5.41) is 8.56. The second-order valence-corrected chi connectivity index (χ2v) is 3.75. The van der Waals surface area contributed by atoms with Gasteiger partial charge in [-0.1, -0.05) is 17.9 Å². The van der Waals surface area contributed by atoms with Crippen LogP contribution in [0.4, 0.5) is 4.39 Å². The van der Waals surface area contributed by atoms with E-state index in [9.17, 15) is 4.39 Å². The lowest BCUT2D eigenvalue weighted by Gasteiger charge is -2.06. The average Bonchev–Trinajstić information content (AvgIpc) is 2.45. The average molecular weight is 257 g/mol. The Morgan fingerprint density at radius 3 is 2.89 bits per heavy atom. The molecule has 0 unspecified atom stereocenters. The van der Waals surface area contributed by atoms with E-state index in [0.717, 1.165) is 5.56 Å². The summed E-state index contributed by atoms with van der Waals surface area (Å²) in [7, 11) is 0. The smallest absolute Gasteiger partial charge is 0.142 e. The maximum atomic E-state index is 13.6. The minimum absolute atomic E-state index is 0.239. The molecule has 0 aliphatic rings. The predicted octanol–water partition coefficient (Wildman–Crippen LogP) is 2.14. The summed E-state index contributed by atoms with van der Waals surface area (Å²) in [6.07, 6.45) is 3.37. The maximum absolute atomic E-state index is 13.6. The largest absolute Gasteiger partial charge is 0.489 e. The molecule has 1 aromatic carbocycles. The summed E-state index contributed by atoms with van der Waals surface area (Å²) < 4.78 is 19.1. The number of pyridine rings is 1. The molecule has 2 aromatic rings. The number of halogens is 1. The Morgan fingerprint density at radius 2 is 2.21 bits per heavy atom. The molecule has 0 aliphatic heterocycles. The van der Waals surface area contributed by atoms with Gasteiger partial charge in [-0.2, -0.15) is 0 Å². The quantitative estimate of drug-likeness (QED) is 0.857. The van der Waals surface area contributed by atoms with E-state index in [1.807, 2.05) is 12.1 Å². The molecule has 0 amide bonds. The number of aromatic nitrogens is 1. The molecule has 96 valence electrons. The number of aliphatic hydroxyl groups is 1. The van der Waals surface area contributed by atoms with Gasteiger partial charge in [0, 0.05) is 24.0 Å². The van der Waals surface area contributed by atoms with Crippen molar-refractivity contribution in [3.05, 3.63) is 59.7 Å². The molecule has 4 heteroatoms. The van der Waals surface area contributed by atoms with Crippen LogP contribution in [0.15, 0.2) is 42.7 Å². The first-order valence-corrected chi connectivity index (χ1v) is 5.70. The Labute approximate surface area is 110 Å². The molecular weight excluding hydrogens is 245 g/mol. The normalized spacial score (nSPS) is 9.58. The van der Waals surface area contributed by atoms with E-state index in [-0.39, 0.29) is 12.2 Å². The fourth-order valence-corrected chi connectivity index (χ4v) is 1.47. The van der Waals surface area contributed by atoms with Crippen LogP contribution in [0.25, 0.3) is 0 Å². The molecule has 0 bridgehead atoms. The minimum Gasteiger partial charge on any atom is -0.489 e. The van der Waals surface area contributed by atoms with Gasteiger partial charge < -0.3 is 9.84 Å². The molecular formula is C15H12FNO2. The Morgan fingerprint density at radius 1 is 1.32 bits per heavy atom. The zero-order valence-corrected chi connectivity index (χ0v) is 10.1. The van der Waals surface area contributed by atoms with Gasteiger partial charge in [-0.25, -0.2) is 4.39 Å². The van der Waals surface area contributed by atoms with Gasteiger partial charge in [-0.3, -0.25) is 4.98 Å². The molecule has 19 heavy (non-hydrogen) atoms. The number of hydrogen-bond acceptors (Lipinski definition) is 3. The van der Waals surface area contributed by atoms with Crippen LogP contribution in [0.2, 0.25) is 0 Å². The van der Waals surface area contributed by atoms with Crippen LogP contribution in [0.3, 0.4) is 0 Å². The fraction of sp³-hybridized carbons (Fsp3) is 0.133. The molecule has 1 N–H and O–H groups in total. The summed E-state index contributed by atoms with van der Waals surface area (Å²) in [5.74, 6) is 4.88. The van der Waals surface area contributed by atoms with Crippen LogP contribution in [0, 0.1) is 17.7 Å². The van der Waals surface area contributed by atoms with E-state index in [2.05, 4.69) is 16.8 Å². The third-order valence-electron chi connectivity index (χ3n) is 2.37. The van der Waals surface area contributed by atoms with Gasteiger partial charge in [-0.05, 0) is 18.2 Å². The van der Waals surface area contributed by atoms with Crippen molar-refractivity contribution < 1.29 is 14.2 Å². The molecule has 0 saturated heterocycles. The van der Waals surface area contributed by atoms with Gasteiger partial charge in [0.25, 0.3) is 0 Å². The van der Waals surface area contributed by atoms with Crippen molar-refractivity contribution >= 4 is 0 Å². The standard InChI is InChI=1S/C15H12FNO2/c16-15-9-14(6-5-13(15)4-2-8-18)19-11-12-3-1-7-17-10-12/h1,3,5-7,9-10,18H,8,11H2. The lowest BCUT2D eigenvalue weighted by molar-refractivity contribution is 0.304. The van der Waals surface area contributed by atoms with E-state index < -0.39 is 5.82 Å². The van der Waals surface area contributed by atoms with E-state index in [4.69, 9.17) is 9.84 Å². The Balaban J connectivity index is 2.04. The Kier molecular flexibility index (Phi) is 4.49. The predicted molar refractivity (Wildman–Crippen MR) is 68.9 cm³/mol. The van der Waals surface area contributed by atoms with Crippen molar-refractivity contribution in [2.24, 2.45) is 0 Å². The van der Waals surface area contributed by atoms with Crippen LogP contribution >= 0.6 is 0 Å². The van der Waals surface area contributed by atoms with Crippen molar-refractivity contribution in [2.75, 3.05) is 6.61 Å². The van der Waals surface area contributed by atoms with E-state index in [1.165, 1.54) is 12.1 Å². The highest BCUT2D eigenvalue weighted by molar-refractivity contribution is 5.39. The van der Waals surface area contributed by atoms with Crippen LogP contribution in [0.5, 0.6) is 5.75 Å². The van der Waals surface area contributed by atoms with Crippen molar-refractivity contribution in [3.8, 4) is 17.6 Å². The maximum Gasteiger partial charge on any atom is 0.142 e. The minimum atomic E-state index is -0.468. The monoisotopic (exact) mass is 257 g/mol. The first-order valence-electron chi connectivity index (χ1n) is 5.70. The molecule has 0 atom stereocenters. The second kappa shape index (κ2) is 6.53. The molecule has 0 radical (unpaired) electrons. The topological polar surface area (TPSA) is 42.4 Å². The first-order chi connectivity index (χ1) is 9.29. The van der Waals surface area contributed by atoms with Crippen molar-refractivity contribution in [3.63, 3.8) is 0 Å². The summed E-state index contributed by atoms with van der Waals surface area (Å²) in [4.78, 5) is 3.97. The first kappa shape index (κ1) is 13.1. The highest BCUT2D eigenvalue weighted by Gasteiger charge is 2.02. The van der Waals surface area contributed by atoms with Gasteiger partial charge in [0.2, 0.25) is 0 Å². The van der Waals surface area contributed by atoms with Gasteiger partial charge >= 0.3 is 0 Å². The molecule has 1 heterocycles. The fourth-order valence-electron chi connectivity index (χ4n) is 1.47. The van der Waals surface area contributed by atoms with Gasteiger partial charge in [0.05, 0.1) is 5.56 Å². The summed E-state index contributed by atoms with van der Waals surface area (Å²) >= 11 is 0. The van der Waals surface area contributed by atoms with Crippen LogP contribution in [0.1, 0.15) is 11.1 Å². The van der Waals surface area contributed by atoms with Crippen molar-refractivity contribution in [1.82, 2.24) is 4.98 Å². The Hall–Kier alpha value is -2.38. The van der Waals surface area contributed by atoms with Gasteiger partial charge in [0.1, 0.15) is 24.8 Å². The van der Waals surface area contributed by atoms with Crippen molar-refractivity contribution in [1.29, 1.82) is 0 Å². The number of aliphatic hydroxyl groups excluding tert-OH is 1. The van der Waals surface area contributed by atoms with Crippen molar-refractivity contribution in [2.45, 2.75) is 6.61 Å². The van der Waals surface area contributed by atoms with Crippen LogP contribution in [-0.4, -0.2) is 16.7 Å². The number of rotatable bonds is 3. The number of nitrogens with zero attached hydrogens (tertiary/aromatic N) is 1. The second-order valence-electron chi connectivity index (χ2n) is 3.75. The highest BCUT2D eigenvalue weighted by atomic mass is 19.1. The zero-order valence-electron chi connectivity index (χ0n) is 10.1. The van der Waals surface area contributed by atoms with E-state index in [0.29, 0.717) is 12.4 Å². The van der Waals surface area contributed by atoms with Crippen LogP contribution in [-0.2, 0) is 6.61 Å². The van der Waals surface area contributed by atoms with Gasteiger partial charge in [-0.15, -0.1) is 0 Å². The zero-order chi connectivity index (χ0) is 13.5. The molecule has 0 fully saturated rings. The molecule has 1 aromatic heterocycles. The third kappa shape index (κ3) is 3.80. The summed E-state index contributed by atoms with van der Waals surface area (Å²) in [6.45, 7) is 0.0354. The molecule has 0 spiro atoms.